The lowest BCUT2D eigenvalue weighted by atomic mass is 10.0. The van der Waals surface area contributed by atoms with E-state index in [-0.39, 0.29) is 29.3 Å². The average molecular weight is 368 g/mol. The molecule has 0 unspecified atom stereocenters. The lowest BCUT2D eigenvalue weighted by Gasteiger charge is -2.30. The fourth-order valence-electron chi connectivity index (χ4n) is 3.25. The van der Waals surface area contributed by atoms with Crippen LogP contribution in [0.15, 0.2) is 42.5 Å². The maximum atomic E-state index is 12.3. The maximum absolute atomic E-state index is 12.3. The average Bonchev–Trinajstić information content (AvgIpc) is 2.66. The minimum absolute atomic E-state index is 0.116. The Bertz CT molecular complexity index is 897. The monoisotopic (exact) mass is 368 g/mol. The molecule has 1 heterocycles. The summed E-state index contributed by atoms with van der Waals surface area (Å²) in [5.41, 5.74) is 7.20. The van der Waals surface area contributed by atoms with Crippen molar-refractivity contribution in [3.63, 3.8) is 0 Å². The van der Waals surface area contributed by atoms with Crippen LogP contribution in [-0.4, -0.2) is 29.8 Å². The lowest BCUT2D eigenvalue weighted by molar-refractivity contribution is -0.385. The zero-order chi connectivity index (χ0) is 19.4. The van der Waals surface area contributed by atoms with Gasteiger partial charge in [-0.15, -0.1) is 0 Å². The van der Waals surface area contributed by atoms with Gasteiger partial charge in [0, 0.05) is 23.9 Å². The summed E-state index contributed by atoms with van der Waals surface area (Å²) in [7, 11) is 0. The molecule has 27 heavy (non-hydrogen) atoms. The van der Waals surface area contributed by atoms with Crippen LogP contribution < -0.4 is 15.8 Å². The number of rotatable bonds is 4. The fraction of sp³-hybridized carbons (Fsp3) is 0.263. The first-order valence-electron chi connectivity index (χ1n) is 8.63. The van der Waals surface area contributed by atoms with Crippen LogP contribution in [0.1, 0.15) is 27.9 Å². The van der Waals surface area contributed by atoms with Crippen molar-refractivity contribution in [1.29, 1.82) is 0 Å². The van der Waals surface area contributed by atoms with E-state index >= 15 is 0 Å². The molecule has 2 N–H and O–H groups in total. The van der Waals surface area contributed by atoms with E-state index in [1.165, 1.54) is 30.7 Å². The van der Waals surface area contributed by atoms with Gasteiger partial charge in [0.1, 0.15) is 0 Å². The predicted molar refractivity (Wildman–Crippen MR) is 100 cm³/mol. The van der Waals surface area contributed by atoms with E-state index in [0.717, 1.165) is 25.1 Å². The van der Waals surface area contributed by atoms with Gasteiger partial charge in [-0.3, -0.25) is 30.6 Å². The molecular formula is C19H20N4O4. The Kier molecular flexibility index (Phi) is 5.35. The Labute approximate surface area is 156 Å². The van der Waals surface area contributed by atoms with Gasteiger partial charge in [0.25, 0.3) is 17.5 Å². The Morgan fingerprint density at radius 3 is 2.70 bits per heavy atom. The molecule has 3 rings (SSSR count). The molecule has 0 bridgehead atoms. The molecule has 2 aromatic carbocycles. The summed E-state index contributed by atoms with van der Waals surface area (Å²) in [5, 5.41) is 11.0. The number of hydrazine groups is 1. The normalized spacial score (nSPS) is 12.9. The van der Waals surface area contributed by atoms with Crippen molar-refractivity contribution in [3.05, 3.63) is 69.3 Å². The van der Waals surface area contributed by atoms with Gasteiger partial charge in [-0.2, -0.15) is 0 Å². The summed E-state index contributed by atoms with van der Waals surface area (Å²) in [4.78, 5) is 36.9. The van der Waals surface area contributed by atoms with Gasteiger partial charge < -0.3 is 4.90 Å². The van der Waals surface area contributed by atoms with Crippen molar-refractivity contribution in [2.75, 3.05) is 18.0 Å². The number of hydrogen-bond acceptors (Lipinski definition) is 5. The van der Waals surface area contributed by atoms with Crippen LogP contribution in [0.4, 0.5) is 11.4 Å². The molecule has 8 nitrogen and oxygen atoms in total. The second kappa shape index (κ2) is 7.86. The summed E-state index contributed by atoms with van der Waals surface area (Å²) in [6.45, 7) is 2.38. The van der Waals surface area contributed by atoms with Crippen LogP contribution >= 0.6 is 0 Å². The van der Waals surface area contributed by atoms with Crippen LogP contribution in [-0.2, 0) is 11.2 Å². The van der Waals surface area contributed by atoms with E-state index < -0.39 is 10.8 Å². The SMILES string of the molecule is Cc1c(C(=O)NNC(=O)CN2CCCc3ccccc32)cccc1[N+](=O)[O-]. The molecule has 0 saturated carbocycles. The molecule has 2 amide bonds. The Morgan fingerprint density at radius 1 is 1.15 bits per heavy atom. The van der Waals surface area contributed by atoms with Gasteiger partial charge in [0.15, 0.2) is 0 Å². The van der Waals surface area contributed by atoms with E-state index in [0.29, 0.717) is 0 Å². The lowest BCUT2D eigenvalue weighted by Crippen LogP contribution is -2.47. The highest BCUT2D eigenvalue weighted by Gasteiger charge is 2.20. The van der Waals surface area contributed by atoms with E-state index in [9.17, 15) is 19.7 Å². The smallest absolute Gasteiger partial charge is 0.273 e. The molecule has 0 fully saturated rings. The van der Waals surface area contributed by atoms with Crippen molar-refractivity contribution < 1.29 is 14.5 Å². The predicted octanol–water partition coefficient (Wildman–Crippen LogP) is 2.12. The molecule has 140 valence electrons. The third-order valence-corrected chi connectivity index (χ3v) is 4.60. The molecule has 2 aromatic rings. The molecule has 0 atom stereocenters. The van der Waals surface area contributed by atoms with Gasteiger partial charge >= 0.3 is 0 Å². The van der Waals surface area contributed by atoms with Crippen LogP contribution in [0, 0.1) is 17.0 Å². The first kappa shape index (κ1) is 18.4. The Balaban J connectivity index is 1.61. The summed E-state index contributed by atoms with van der Waals surface area (Å²) < 4.78 is 0. The molecule has 0 spiro atoms. The molecule has 1 aliphatic rings. The fourth-order valence-corrected chi connectivity index (χ4v) is 3.25. The highest BCUT2D eigenvalue weighted by atomic mass is 16.6. The summed E-state index contributed by atoms with van der Waals surface area (Å²) in [6, 6.07) is 12.2. The number of nitro benzene ring substituents is 1. The van der Waals surface area contributed by atoms with Crippen molar-refractivity contribution in [1.82, 2.24) is 10.9 Å². The van der Waals surface area contributed by atoms with Crippen molar-refractivity contribution in [2.45, 2.75) is 19.8 Å². The molecule has 0 radical (unpaired) electrons. The van der Waals surface area contributed by atoms with Crippen LogP contribution in [0.3, 0.4) is 0 Å². The molecular weight excluding hydrogens is 348 g/mol. The highest BCUT2D eigenvalue weighted by molar-refractivity contribution is 5.97. The van der Waals surface area contributed by atoms with E-state index in [1.54, 1.807) is 0 Å². The second-order valence-corrected chi connectivity index (χ2v) is 6.36. The number of nitro groups is 1. The number of aryl methyl sites for hydroxylation is 1. The van der Waals surface area contributed by atoms with Gasteiger partial charge in [-0.25, -0.2) is 0 Å². The molecule has 0 aliphatic carbocycles. The summed E-state index contributed by atoms with van der Waals surface area (Å²) in [6.07, 6.45) is 1.95. The number of fused-ring (bicyclic) bond motifs is 1. The second-order valence-electron chi connectivity index (χ2n) is 6.36. The number of nitrogens with one attached hydrogen (secondary N) is 2. The van der Waals surface area contributed by atoms with Crippen molar-refractivity contribution in [3.8, 4) is 0 Å². The number of hydrogen-bond donors (Lipinski definition) is 2. The van der Waals surface area contributed by atoms with Gasteiger partial charge in [0.2, 0.25) is 0 Å². The van der Waals surface area contributed by atoms with E-state index in [4.69, 9.17) is 0 Å². The first-order valence-corrected chi connectivity index (χ1v) is 8.63. The van der Waals surface area contributed by atoms with Gasteiger partial charge in [0.05, 0.1) is 17.0 Å². The number of carbonyl (C=O) groups is 2. The zero-order valence-electron chi connectivity index (χ0n) is 14.9. The zero-order valence-corrected chi connectivity index (χ0v) is 14.9. The third kappa shape index (κ3) is 4.05. The van der Waals surface area contributed by atoms with Crippen LogP contribution in [0.2, 0.25) is 0 Å². The largest absolute Gasteiger partial charge is 0.362 e. The number of nitrogens with zero attached hydrogens (tertiary/aromatic N) is 2. The molecule has 1 aliphatic heterocycles. The maximum Gasteiger partial charge on any atom is 0.273 e. The Morgan fingerprint density at radius 2 is 1.93 bits per heavy atom. The number of carbonyl (C=O) groups excluding carboxylic acids is 2. The number of para-hydroxylation sites is 1. The third-order valence-electron chi connectivity index (χ3n) is 4.60. The Hall–Kier alpha value is -3.42. The number of benzene rings is 2. The van der Waals surface area contributed by atoms with Crippen LogP contribution in [0.5, 0.6) is 0 Å². The standard InChI is InChI=1S/C19H20N4O4/c1-13-15(8-4-10-16(13)23(26)27)19(25)21-20-18(24)12-22-11-5-7-14-6-2-3-9-17(14)22/h2-4,6,8-10H,5,7,11-12H2,1H3,(H,20,24)(H,21,25). The summed E-state index contributed by atoms with van der Waals surface area (Å²) in [5.74, 6) is -0.952. The van der Waals surface area contributed by atoms with E-state index in [1.807, 2.05) is 29.2 Å². The van der Waals surface area contributed by atoms with Gasteiger partial charge in [-0.1, -0.05) is 24.3 Å². The van der Waals surface area contributed by atoms with Crippen LogP contribution in [0.25, 0.3) is 0 Å². The van der Waals surface area contributed by atoms with E-state index in [2.05, 4.69) is 10.9 Å². The van der Waals surface area contributed by atoms with Crippen molar-refractivity contribution in [2.24, 2.45) is 0 Å². The minimum Gasteiger partial charge on any atom is -0.362 e. The molecule has 8 heteroatoms. The topological polar surface area (TPSA) is 105 Å². The van der Waals surface area contributed by atoms with Crippen molar-refractivity contribution >= 4 is 23.2 Å². The molecule has 0 saturated heterocycles. The minimum atomic E-state index is -0.594. The molecule has 0 aromatic heterocycles. The first-order chi connectivity index (χ1) is 13.0. The number of anilines is 1. The highest BCUT2D eigenvalue weighted by Crippen LogP contribution is 2.26. The number of amides is 2. The quantitative estimate of drug-likeness (QED) is 0.635. The summed E-state index contributed by atoms with van der Waals surface area (Å²) >= 11 is 0. The van der Waals surface area contributed by atoms with Gasteiger partial charge in [-0.05, 0) is 37.5 Å².